The predicted molar refractivity (Wildman–Crippen MR) is 50.0 cm³/mol. The van der Waals surface area contributed by atoms with Crippen molar-refractivity contribution in [3.05, 3.63) is 12.2 Å². The van der Waals surface area contributed by atoms with Gasteiger partial charge in [0.1, 0.15) is 0 Å². The van der Waals surface area contributed by atoms with Crippen LogP contribution >= 0.6 is 0 Å². The predicted octanol–water partition coefficient (Wildman–Crippen LogP) is 0.567. The van der Waals surface area contributed by atoms with Gasteiger partial charge in [-0.2, -0.15) is 8.42 Å². The van der Waals surface area contributed by atoms with Gasteiger partial charge in [0.25, 0.3) is 0 Å². The van der Waals surface area contributed by atoms with E-state index in [1.54, 1.807) is 6.92 Å². The summed E-state index contributed by atoms with van der Waals surface area (Å²) in [6.07, 6.45) is 0.895. The van der Waals surface area contributed by atoms with Crippen molar-refractivity contribution in [3.63, 3.8) is 0 Å². The van der Waals surface area contributed by atoms with E-state index in [2.05, 4.69) is 6.58 Å². The molecule has 0 unspecified atom stereocenters. The third-order valence-electron chi connectivity index (χ3n) is 1.18. The van der Waals surface area contributed by atoms with Crippen LogP contribution in [0.3, 0.4) is 0 Å². The number of carbonyl (C=O) groups is 1. The highest BCUT2D eigenvalue weighted by molar-refractivity contribution is 7.71. The highest BCUT2D eigenvalue weighted by Gasteiger charge is 2.00. The van der Waals surface area contributed by atoms with E-state index in [1.807, 2.05) is 0 Å². The lowest BCUT2D eigenvalue weighted by atomic mass is 10.3. The largest absolute Gasteiger partial charge is 0.462 e. The molecule has 5 heteroatoms. The molecule has 0 spiro atoms. The summed E-state index contributed by atoms with van der Waals surface area (Å²) >= 11 is 0. The van der Waals surface area contributed by atoms with Gasteiger partial charge in [-0.05, 0) is 19.8 Å². The smallest absolute Gasteiger partial charge is 0.333 e. The zero-order valence-corrected chi connectivity index (χ0v) is 8.26. The zero-order valence-electron chi connectivity index (χ0n) is 7.45. The SMILES string of the molecule is C=C(C)C(=O)OCCCC=S(=O)=O. The third kappa shape index (κ3) is 7.27. The first-order valence-corrected chi connectivity index (χ1v) is 4.92. The summed E-state index contributed by atoms with van der Waals surface area (Å²) in [4.78, 5) is 10.8. The summed E-state index contributed by atoms with van der Waals surface area (Å²) in [7, 11) is -2.12. The molecule has 74 valence electrons. The maximum absolute atomic E-state index is 10.8. The second-order valence-corrected chi connectivity index (χ2v) is 3.34. The fourth-order valence-corrected chi connectivity index (χ4v) is 0.910. The average molecular weight is 204 g/mol. The van der Waals surface area contributed by atoms with E-state index < -0.39 is 16.3 Å². The minimum Gasteiger partial charge on any atom is -0.462 e. The number of carbonyl (C=O) groups excluding carboxylic acids is 1. The minimum absolute atomic E-state index is 0.222. The Labute approximate surface area is 78.7 Å². The molecule has 13 heavy (non-hydrogen) atoms. The fraction of sp³-hybridized carbons (Fsp3) is 0.500. The van der Waals surface area contributed by atoms with Crippen molar-refractivity contribution in [2.24, 2.45) is 0 Å². The van der Waals surface area contributed by atoms with Gasteiger partial charge in [-0.15, -0.1) is 0 Å². The molecule has 0 aromatic rings. The lowest BCUT2D eigenvalue weighted by Gasteiger charge is -2.01. The Morgan fingerprint density at radius 2 is 2.15 bits per heavy atom. The molecule has 0 aliphatic carbocycles. The summed E-state index contributed by atoms with van der Waals surface area (Å²) in [6.45, 7) is 5.18. The number of ether oxygens (including phenoxy) is 1. The lowest BCUT2D eigenvalue weighted by molar-refractivity contribution is -0.138. The van der Waals surface area contributed by atoms with E-state index >= 15 is 0 Å². The van der Waals surface area contributed by atoms with Crippen LogP contribution in [-0.2, 0) is 19.8 Å². The van der Waals surface area contributed by atoms with Crippen LogP contribution in [0.25, 0.3) is 0 Å². The van der Waals surface area contributed by atoms with Crippen LogP contribution in [0, 0.1) is 0 Å². The van der Waals surface area contributed by atoms with Crippen molar-refractivity contribution in [2.75, 3.05) is 6.61 Å². The van der Waals surface area contributed by atoms with Gasteiger partial charge in [0.15, 0.2) is 0 Å². The Bertz CT molecular complexity index is 305. The van der Waals surface area contributed by atoms with Gasteiger partial charge in [-0.25, -0.2) is 4.79 Å². The van der Waals surface area contributed by atoms with Crippen molar-refractivity contribution < 1.29 is 17.9 Å². The van der Waals surface area contributed by atoms with Crippen LogP contribution in [0.4, 0.5) is 0 Å². The van der Waals surface area contributed by atoms with Gasteiger partial charge in [0, 0.05) is 10.9 Å². The lowest BCUT2D eigenvalue weighted by Crippen LogP contribution is -2.06. The molecule has 0 aliphatic heterocycles. The van der Waals surface area contributed by atoms with E-state index in [-0.39, 0.29) is 6.61 Å². The molecular formula is C8H12O4S. The normalized spacial score (nSPS) is 9.00. The Hall–Kier alpha value is -1.10. The second kappa shape index (κ2) is 6.42. The molecule has 0 saturated carbocycles. The van der Waals surface area contributed by atoms with Crippen LogP contribution in [0.2, 0.25) is 0 Å². The van der Waals surface area contributed by atoms with Crippen molar-refractivity contribution >= 4 is 21.6 Å². The summed E-state index contributed by atoms with van der Waals surface area (Å²) in [5.41, 5.74) is 0.344. The van der Waals surface area contributed by atoms with Gasteiger partial charge in [-0.1, -0.05) is 6.58 Å². The van der Waals surface area contributed by atoms with E-state index in [9.17, 15) is 13.2 Å². The molecule has 0 radical (unpaired) electrons. The summed E-state index contributed by atoms with van der Waals surface area (Å²) in [6, 6.07) is 0. The van der Waals surface area contributed by atoms with Gasteiger partial charge < -0.3 is 4.74 Å². The monoisotopic (exact) mass is 204 g/mol. The highest BCUT2D eigenvalue weighted by Crippen LogP contribution is 1.94. The number of unbranched alkanes of at least 4 members (excludes halogenated alkanes) is 1. The Kier molecular flexibility index (Phi) is 5.88. The molecule has 0 heterocycles. The molecule has 4 nitrogen and oxygen atoms in total. The first-order valence-electron chi connectivity index (χ1n) is 3.78. The summed E-state index contributed by atoms with van der Waals surface area (Å²) in [5, 5.41) is 1.13. The highest BCUT2D eigenvalue weighted by atomic mass is 32.2. The molecule has 0 fully saturated rings. The van der Waals surface area contributed by atoms with E-state index in [4.69, 9.17) is 4.74 Å². The molecule has 0 saturated heterocycles. The van der Waals surface area contributed by atoms with Crippen molar-refractivity contribution in [3.8, 4) is 0 Å². The average Bonchev–Trinajstić information content (AvgIpc) is 2.02. The first-order chi connectivity index (χ1) is 6.04. The quantitative estimate of drug-likeness (QED) is 0.284. The van der Waals surface area contributed by atoms with Crippen LogP contribution in [0.1, 0.15) is 19.8 Å². The molecule has 0 aliphatic rings. The number of hydrogen-bond donors (Lipinski definition) is 0. The van der Waals surface area contributed by atoms with Gasteiger partial charge >= 0.3 is 5.97 Å². The molecule has 0 atom stereocenters. The van der Waals surface area contributed by atoms with Crippen LogP contribution in [-0.4, -0.2) is 26.4 Å². The zero-order chi connectivity index (χ0) is 10.3. The van der Waals surface area contributed by atoms with E-state index in [1.165, 1.54) is 0 Å². The number of esters is 1. The van der Waals surface area contributed by atoms with Crippen molar-refractivity contribution in [1.82, 2.24) is 0 Å². The maximum Gasteiger partial charge on any atom is 0.333 e. The van der Waals surface area contributed by atoms with Crippen molar-refractivity contribution in [1.29, 1.82) is 0 Å². The molecule has 0 aromatic heterocycles. The molecule has 0 rings (SSSR count). The molecule has 0 aromatic carbocycles. The van der Waals surface area contributed by atoms with E-state index in [0.717, 1.165) is 5.37 Å². The van der Waals surface area contributed by atoms with Crippen LogP contribution < -0.4 is 0 Å². The van der Waals surface area contributed by atoms with Gasteiger partial charge in [-0.3, -0.25) is 0 Å². The molecule has 0 bridgehead atoms. The standard InChI is InChI=1S/C8H12O4S/c1-7(2)8(9)12-5-3-4-6-13(10)11/h6H,1,3-5H2,2H3. The molecule has 0 N–H and O–H groups in total. The Morgan fingerprint density at radius 1 is 1.54 bits per heavy atom. The number of hydrogen-bond acceptors (Lipinski definition) is 4. The van der Waals surface area contributed by atoms with Crippen LogP contribution in [0.5, 0.6) is 0 Å². The minimum atomic E-state index is -2.12. The van der Waals surface area contributed by atoms with E-state index in [0.29, 0.717) is 18.4 Å². The summed E-state index contributed by atoms with van der Waals surface area (Å²) < 4.78 is 24.8. The number of rotatable bonds is 5. The fourth-order valence-electron chi connectivity index (χ4n) is 0.551. The maximum atomic E-state index is 10.8. The third-order valence-corrected chi connectivity index (χ3v) is 1.69. The molecular weight excluding hydrogens is 192 g/mol. The first kappa shape index (κ1) is 11.9. The second-order valence-electron chi connectivity index (χ2n) is 2.49. The Morgan fingerprint density at radius 3 is 2.62 bits per heavy atom. The Balaban J connectivity index is 3.53. The van der Waals surface area contributed by atoms with Crippen LogP contribution in [0.15, 0.2) is 12.2 Å². The van der Waals surface area contributed by atoms with Gasteiger partial charge in [0.05, 0.1) is 6.61 Å². The summed E-state index contributed by atoms with van der Waals surface area (Å²) in [5.74, 6) is -0.441. The topological polar surface area (TPSA) is 60.4 Å². The molecule has 0 amide bonds. The van der Waals surface area contributed by atoms with Gasteiger partial charge in [0.2, 0.25) is 10.3 Å². The van der Waals surface area contributed by atoms with Crippen molar-refractivity contribution in [2.45, 2.75) is 19.8 Å².